The van der Waals surface area contributed by atoms with Gasteiger partial charge in [0.15, 0.2) is 0 Å². The SMILES string of the molecule is CN(C)C1(CC(=O)O)CC(C)(C)CC(C)(C)C1. The molecule has 0 unspecified atom stereocenters. The largest absolute Gasteiger partial charge is 0.481 e. The minimum absolute atomic E-state index is 0.197. The number of hydrogen-bond acceptors (Lipinski definition) is 2. The summed E-state index contributed by atoms with van der Waals surface area (Å²) in [5, 5.41) is 9.19. The standard InChI is InChI=1S/C14H27NO2/c1-12(2)8-13(3,4)10-14(9-12,15(5)6)7-11(16)17/h7-10H2,1-6H3,(H,16,17). The fourth-order valence-corrected chi connectivity index (χ4v) is 4.15. The first-order valence-corrected chi connectivity index (χ1v) is 6.37. The van der Waals surface area contributed by atoms with Crippen molar-refractivity contribution in [3.63, 3.8) is 0 Å². The maximum Gasteiger partial charge on any atom is 0.305 e. The predicted molar refractivity (Wildman–Crippen MR) is 70.1 cm³/mol. The summed E-state index contributed by atoms with van der Waals surface area (Å²) in [6.45, 7) is 9.03. The van der Waals surface area contributed by atoms with Gasteiger partial charge in [0.05, 0.1) is 6.42 Å². The highest BCUT2D eigenvalue weighted by Crippen LogP contribution is 2.52. The fraction of sp³-hybridized carbons (Fsp3) is 0.929. The van der Waals surface area contributed by atoms with Crippen molar-refractivity contribution in [2.75, 3.05) is 14.1 Å². The molecule has 0 radical (unpaired) electrons. The molecule has 0 amide bonds. The lowest BCUT2D eigenvalue weighted by Gasteiger charge is -2.54. The second-order valence-corrected chi connectivity index (χ2v) is 7.55. The van der Waals surface area contributed by atoms with Gasteiger partial charge in [-0.25, -0.2) is 0 Å². The van der Waals surface area contributed by atoms with E-state index in [0.717, 1.165) is 19.3 Å². The molecule has 1 N–H and O–H groups in total. The van der Waals surface area contributed by atoms with E-state index in [1.54, 1.807) is 0 Å². The molecule has 0 aliphatic heterocycles. The molecule has 0 saturated heterocycles. The van der Waals surface area contributed by atoms with Crippen LogP contribution in [-0.4, -0.2) is 35.6 Å². The second-order valence-electron chi connectivity index (χ2n) is 7.55. The molecule has 0 atom stereocenters. The normalized spacial score (nSPS) is 25.8. The van der Waals surface area contributed by atoms with E-state index in [9.17, 15) is 9.90 Å². The average Bonchev–Trinajstić information content (AvgIpc) is 1.94. The molecule has 1 rings (SSSR count). The van der Waals surface area contributed by atoms with Crippen LogP contribution in [0.2, 0.25) is 0 Å². The van der Waals surface area contributed by atoms with E-state index < -0.39 is 5.97 Å². The first-order chi connectivity index (χ1) is 7.48. The molecule has 1 saturated carbocycles. The van der Waals surface area contributed by atoms with Gasteiger partial charge < -0.3 is 10.0 Å². The zero-order chi connectivity index (χ0) is 13.5. The molecule has 1 aliphatic rings. The number of carbonyl (C=O) groups is 1. The molecule has 0 heterocycles. The average molecular weight is 241 g/mol. The minimum Gasteiger partial charge on any atom is -0.481 e. The Morgan fingerprint density at radius 1 is 1.06 bits per heavy atom. The van der Waals surface area contributed by atoms with Gasteiger partial charge in [0.2, 0.25) is 0 Å². The number of carboxylic acid groups (broad SMARTS) is 1. The van der Waals surface area contributed by atoms with Crippen LogP contribution in [0.3, 0.4) is 0 Å². The molecule has 0 bridgehead atoms. The highest BCUT2D eigenvalue weighted by molar-refractivity contribution is 5.68. The Hall–Kier alpha value is -0.570. The summed E-state index contributed by atoms with van der Waals surface area (Å²) >= 11 is 0. The number of rotatable bonds is 3. The molecule has 3 nitrogen and oxygen atoms in total. The van der Waals surface area contributed by atoms with E-state index in [0.29, 0.717) is 0 Å². The Kier molecular flexibility index (Phi) is 3.64. The van der Waals surface area contributed by atoms with Crippen LogP contribution in [0.1, 0.15) is 53.4 Å². The highest BCUT2D eigenvalue weighted by atomic mass is 16.4. The van der Waals surface area contributed by atoms with Crippen molar-refractivity contribution in [2.45, 2.75) is 58.9 Å². The number of carboxylic acids is 1. The Labute approximate surface area is 105 Å². The van der Waals surface area contributed by atoms with Gasteiger partial charge in [-0.1, -0.05) is 27.7 Å². The van der Waals surface area contributed by atoms with Crippen molar-refractivity contribution in [2.24, 2.45) is 10.8 Å². The van der Waals surface area contributed by atoms with Crippen LogP contribution in [-0.2, 0) is 4.79 Å². The molecular weight excluding hydrogens is 214 g/mol. The summed E-state index contributed by atoms with van der Waals surface area (Å²) in [4.78, 5) is 13.3. The molecule has 100 valence electrons. The Morgan fingerprint density at radius 3 is 1.76 bits per heavy atom. The first-order valence-electron chi connectivity index (χ1n) is 6.37. The number of aliphatic carboxylic acids is 1. The Bertz CT molecular complexity index is 289. The lowest BCUT2D eigenvalue weighted by molar-refractivity contribution is -0.143. The third kappa shape index (κ3) is 3.44. The minimum atomic E-state index is -0.688. The molecule has 0 aromatic heterocycles. The van der Waals surface area contributed by atoms with E-state index in [1.807, 2.05) is 14.1 Å². The monoisotopic (exact) mass is 241 g/mol. The van der Waals surface area contributed by atoms with Crippen molar-refractivity contribution in [1.29, 1.82) is 0 Å². The van der Waals surface area contributed by atoms with Gasteiger partial charge in [0, 0.05) is 5.54 Å². The quantitative estimate of drug-likeness (QED) is 0.825. The first kappa shape index (κ1) is 14.5. The van der Waals surface area contributed by atoms with E-state index in [2.05, 4.69) is 32.6 Å². The van der Waals surface area contributed by atoms with Crippen molar-refractivity contribution in [3.8, 4) is 0 Å². The topological polar surface area (TPSA) is 40.5 Å². The van der Waals surface area contributed by atoms with Crippen molar-refractivity contribution < 1.29 is 9.90 Å². The molecule has 0 spiro atoms. The Balaban J connectivity index is 3.08. The van der Waals surface area contributed by atoms with Crippen molar-refractivity contribution in [1.82, 2.24) is 4.90 Å². The number of hydrogen-bond donors (Lipinski definition) is 1. The van der Waals surface area contributed by atoms with E-state index >= 15 is 0 Å². The van der Waals surface area contributed by atoms with Gasteiger partial charge in [0.25, 0.3) is 0 Å². The maximum atomic E-state index is 11.2. The van der Waals surface area contributed by atoms with Crippen LogP contribution in [0.15, 0.2) is 0 Å². The smallest absolute Gasteiger partial charge is 0.305 e. The maximum absolute atomic E-state index is 11.2. The summed E-state index contributed by atoms with van der Waals surface area (Å²) in [6, 6.07) is 0. The fourth-order valence-electron chi connectivity index (χ4n) is 4.15. The molecule has 3 heteroatoms. The van der Waals surface area contributed by atoms with E-state index in [4.69, 9.17) is 0 Å². The van der Waals surface area contributed by atoms with Crippen molar-refractivity contribution >= 4 is 5.97 Å². The molecular formula is C14H27NO2. The van der Waals surface area contributed by atoms with Crippen molar-refractivity contribution in [3.05, 3.63) is 0 Å². The molecule has 17 heavy (non-hydrogen) atoms. The summed E-state index contributed by atoms with van der Waals surface area (Å²) in [5.41, 5.74) is 0.222. The van der Waals surface area contributed by atoms with Gasteiger partial charge in [0.1, 0.15) is 0 Å². The third-order valence-electron chi connectivity index (χ3n) is 4.00. The summed E-state index contributed by atoms with van der Waals surface area (Å²) in [6.07, 6.45) is 3.33. The van der Waals surface area contributed by atoms with Gasteiger partial charge in [-0.05, 0) is 44.2 Å². The van der Waals surface area contributed by atoms with Gasteiger partial charge in [-0.3, -0.25) is 4.79 Å². The molecule has 1 aliphatic carbocycles. The van der Waals surface area contributed by atoms with Crippen LogP contribution in [0.5, 0.6) is 0 Å². The molecule has 1 fully saturated rings. The molecule has 0 aromatic rings. The zero-order valence-corrected chi connectivity index (χ0v) is 12.1. The second kappa shape index (κ2) is 4.27. The van der Waals surface area contributed by atoms with Gasteiger partial charge >= 0.3 is 5.97 Å². The van der Waals surface area contributed by atoms with Crippen LogP contribution in [0.4, 0.5) is 0 Å². The lowest BCUT2D eigenvalue weighted by atomic mass is 9.57. The highest BCUT2D eigenvalue weighted by Gasteiger charge is 2.49. The third-order valence-corrected chi connectivity index (χ3v) is 4.00. The van der Waals surface area contributed by atoms with Crippen LogP contribution in [0.25, 0.3) is 0 Å². The summed E-state index contributed by atoms with van der Waals surface area (Å²) in [7, 11) is 4.03. The van der Waals surface area contributed by atoms with Crippen LogP contribution >= 0.6 is 0 Å². The predicted octanol–water partition coefficient (Wildman–Crippen LogP) is 3.00. The lowest BCUT2D eigenvalue weighted by Crippen LogP contribution is -2.55. The van der Waals surface area contributed by atoms with Gasteiger partial charge in [-0.2, -0.15) is 0 Å². The van der Waals surface area contributed by atoms with E-state index in [-0.39, 0.29) is 22.8 Å². The van der Waals surface area contributed by atoms with Crippen LogP contribution < -0.4 is 0 Å². The Morgan fingerprint density at radius 2 is 1.47 bits per heavy atom. The molecule has 0 aromatic carbocycles. The summed E-state index contributed by atoms with van der Waals surface area (Å²) < 4.78 is 0. The van der Waals surface area contributed by atoms with Crippen LogP contribution in [0, 0.1) is 10.8 Å². The zero-order valence-electron chi connectivity index (χ0n) is 12.1. The number of nitrogens with zero attached hydrogens (tertiary/aromatic N) is 1. The van der Waals surface area contributed by atoms with Gasteiger partial charge in [-0.15, -0.1) is 0 Å². The summed E-state index contributed by atoms with van der Waals surface area (Å²) in [5.74, 6) is -0.688. The van der Waals surface area contributed by atoms with E-state index in [1.165, 1.54) is 0 Å².